The van der Waals surface area contributed by atoms with Crippen molar-refractivity contribution >= 4 is 5.91 Å². The van der Waals surface area contributed by atoms with Gasteiger partial charge in [0.2, 0.25) is 11.8 Å². The number of ether oxygens (including phenoxy) is 1. The van der Waals surface area contributed by atoms with Gasteiger partial charge in [0.1, 0.15) is 11.5 Å². The van der Waals surface area contributed by atoms with Crippen molar-refractivity contribution in [1.82, 2.24) is 10.3 Å². The molecule has 0 aliphatic rings. The van der Waals surface area contributed by atoms with Crippen molar-refractivity contribution in [3.05, 3.63) is 71.6 Å². The standard InChI is InChI=1S/C22H24N2O3/c1-16-20(24-22(27-16)18-6-4-3-5-7-18)12-13-21(25)23-15-14-17-8-10-19(26-2)11-9-17/h3-11H,12-15H2,1-2H3,(H,23,25). The molecule has 0 radical (unpaired) electrons. The molecule has 0 saturated carbocycles. The van der Waals surface area contributed by atoms with Crippen molar-refractivity contribution in [3.8, 4) is 17.2 Å². The minimum atomic E-state index is 0.0205. The average Bonchev–Trinajstić information content (AvgIpc) is 3.08. The third-order valence-corrected chi connectivity index (χ3v) is 4.40. The number of carbonyl (C=O) groups is 1. The fourth-order valence-corrected chi connectivity index (χ4v) is 2.82. The highest BCUT2D eigenvalue weighted by molar-refractivity contribution is 5.76. The van der Waals surface area contributed by atoms with E-state index in [1.54, 1.807) is 7.11 Å². The van der Waals surface area contributed by atoms with Crippen molar-refractivity contribution in [1.29, 1.82) is 0 Å². The number of nitrogens with one attached hydrogen (secondary N) is 1. The molecule has 3 aromatic rings. The molecule has 0 fully saturated rings. The van der Waals surface area contributed by atoms with Gasteiger partial charge in [0.15, 0.2) is 0 Å². The Bertz CT molecular complexity index is 870. The molecule has 5 nitrogen and oxygen atoms in total. The summed E-state index contributed by atoms with van der Waals surface area (Å²) < 4.78 is 10.9. The van der Waals surface area contributed by atoms with E-state index in [2.05, 4.69) is 10.3 Å². The highest BCUT2D eigenvalue weighted by Gasteiger charge is 2.12. The van der Waals surface area contributed by atoms with Crippen molar-refractivity contribution in [2.45, 2.75) is 26.2 Å². The van der Waals surface area contributed by atoms with Crippen molar-refractivity contribution < 1.29 is 13.9 Å². The fraction of sp³-hybridized carbons (Fsp3) is 0.273. The lowest BCUT2D eigenvalue weighted by Gasteiger charge is -2.06. The second kappa shape index (κ2) is 9.03. The van der Waals surface area contributed by atoms with Crippen LogP contribution in [-0.4, -0.2) is 24.5 Å². The summed E-state index contributed by atoms with van der Waals surface area (Å²) >= 11 is 0. The molecule has 0 aliphatic heterocycles. The van der Waals surface area contributed by atoms with Gasteiger partial charge in [0, 0.05) is 24.9 Å². The summed E-state index contributed by atoms with van der Waals surface area (Å²) in [5.41, 5.74) is 2.94. The minimum Gasteiger partial charge on any atom is -0.497 e. The summed E-state index contributed by atoms with van der Waals surface area (Å²) in [4.78, 5) is 16.6. The first-order valence-electron chi connectivity index (χ1n) is 9.07. The van der Waals surface area contributed by atoms with Gasteiger partial charge in [-0.05, 0) is 43.2 Å². The number of benzene rings is 2. The van der Waals surface area contributed by atoms with Crippen molar-refractivity contribution in [3.63, 3.8) is 0 Å². The second-order valence-electron chi connectivity index (χ2n) is 6.34. The molecule has 5 heteroatoms. The molecule has 0 spiro atoms. The lowest BCUT2D eigenvalue weighted by atomic mass is 10.1. The topological polar surface area (TPSA) is 64.4 Å². The number of methoxy groups -OCH3 is 1. The summed E-state index contributed by atoms with van der Waals surface area (Å²) in [6, 6.07) is 17.6. The Balaban J connectivity index is 1.45. The van der Waals surface area contributed by atoms with E-state index in [1.165, 1.54) is 0 Å². The Morgan fingerprint density at radius 1 is 1.07 bits per heavy atom. The van der Waals surface area contributed by atoms with E-state index < -0.39 is 0 Å². The normalized spacial score (nSPS) is 10.6. The number of aryl methyl sites for hydroxylation is 2. The summed E-state index contributed by atoms with van der Waals surface area (Å²) in [6.45, 7) is 2.49. The first-order chi connectivity index (χ1) is 13.2. The lowest BCUT2D eigenvalue weighted by molar-refractivity contribution is -0.121. The Kier molecular flexibility index (Phi) is 6.26. The van der Waals surface area contributed by atoms with E-state index in [0.29, 0.717) is 25.3 Å². The predicted octanol–water partition coefficient (Wildman–Crippen LogP) is 3.95. The molecule has 27 heavy (non-hydrogen) atoms. The van der Waals surface area contributed by atoms with Gasteiger partial charge in [-0.1, -0.05) is 30.3 Å². The molecule has 0 bridgehead atoms. The molecule has 0 saturated heterocycles. The van der Waals surface area contributed by atoms with Crippen LogP contribution >= 0.6 is 0 Å². The SMILES string of the molecule is COc1ccc(CCNC(=O)CCc2nc(-c3ccccc3)oc2C)cc1. The lowest BCUT2D eigenvalue weighted by Crippen LogP contribution is -2.25. The van der Waals surface area contributed by atoms with E-state index in [1.807, 2.05) is 61.5 Å². The van der Waals surface area contributed by atoms with Crippen LogP contribution in [0.15, 0.2) is 59.0 Å². The molecule has 0 aliphatic carbocycles. The summed E-state index contributed by atoms with van der Waals surface area (Å²) in [5.74, 6) is 2.22. The van der Waals surface area contributed by atoms with Crippen LogP contribution in [0.1, 0.15) is 23.4 Å². The van der Waals surface area contributed by atoms with Crippen LogP contribution in [0, 0.1) is 6.92 Å². The second-order valence-corrected chi connectivity index (χ2v) is 6.34. The molecule has 1 amide bonds. The van der Waals surface area contributed by atoms with Gasteiger partial charge in [-0.25, -0.2) is 4.98 Å². The molecule has 1 heterocycles. The Morgan fingerprint density at radius 2 is 1.81 bits per heavy atom. The van der Waals surface area contributed by atoms with Crippen LogP contribution in [0.4, 0.5) is 0 Å². The fourth-order valence-electron chi connectivity index (χ4n) is 2.82. The van der Waals surface area contributed by atoms with Gasteiger partial charge < -0.3 is 14.5 Å². The maximum atomic E-state index is 12.1. The van der Waals surface area contributed by atoms with E-state index in [4.69, 9.17) is 9.15 Å². The number of hydrogen-bond acceptors (Lipinski definition) is 4. The molecular formula is C22H24N2O3. The maximum absolute atomic E-state index is 12.1. The molecular weight excluding hydrogens is 340 g/mol. The van der Waals surface area contributed by atoms with Gasteiger partial charge in [0.25, 0.3) is 0 Å². The van der Waals surface area contributed by atoms with Crippen LogP contribution in [-0.2, 0) is 17.6 Å². The predicted molar refractivity (Wildman–Crippen MR) is 105 cm³/mol. The zero-order valence-corrected chi connectivity index (χ0v) is 15.7. The smallest absolute Gasteiger partial charge is 0.226 e. The number of nitrogens with zero attached hydrogens (tertiary/aromatic N) is 1. The molecule has 2 aromatic carbocycles. The van der Waals surface area contributed by atoms with Crippen LogP contribution in [0.5, 0.6) is 5.75 Å². The Labute approximate surface area is 159 Å². The Morgan fingerprint density at radius 3 is 2.52 bits per heavy atom. The van der Waals surface area contributed by atoms with E-state index in [-0.39, 0.29) is 5.91 Å². The average molecular weight is 364 g/mol. The van der Waals surface area contributed by atoms with Crippen molar-refractivity contribution in [2.75, 3.05) is 13.7 Å². The van der Waals surface area contributed by atoms with Crippen LogP contribution < -0.4 is 10.1 Å². The van der Waals surface area contributed by atoms with Gasteiger partial charge in [-0.3, -0.25) is 4.79 Å². The Hall–Kier alpha value is -3.08. The van der Waals surface area contributed by atoms with Gasteiger partial charge in [0.05, 0.1) is 12.8 Å². The highest BCUT2D eigenvalue weighted by atomic mass is 16.5. The maximum Gasteiger partial charge on any atom is 0.226 e. The van der Waals surface area contributed by atoms with E-state index >= 15 is 0 Å². The molecule has 1 N–H and O–H groups in total. The highest BCUT2D eigenvalue weighted by Crippen LogP contribution is 2.22. The summed E-state index contributed by atoms with van der Waals surface area (Å²) in [7, 11) is 1.65. The van der Waals surface area contributed by atoms with Crippen LogP contribution in [0.2, 0.25) is 0 Å². The van der Waals surface area contributed by atoms with Gasteiger partial charge in [-0.2, -0.15) is 0 Å². The zero-order chi connectivity index (χ0) is 19.1. The third-order valence-electron chi connectivity index (χ3n) is 4.40. The first kappa shape index (κ1) is 18.7. The minimum absolute atomic E-state index is 0.0205. The molecule has 140 valence electrons. The van der Waals surface area contributed by atoms with Gasteiger partial charge in [-0.15, -0.1) is 0 Å². The van der Waals surface area contributed by atoms with E-state index in [0.717, 1.165) is 34.8 Å². The number of rotatable bonds is 8. The summed E-state index contributed by atoms with van der Waals surface area (Å²) in [5, 5.41) is 2.96. The number of oxazole rings is 1. The monoisotopic (exact) mass is 364 g/mol. The van der Waals surface area contributed by atoms with Crippen LogP contribution in [0.3, 0.4) is 0 Å². The largest absolute Gasteiger partial charge is 0.497 e. The molecule has 0 atom stereocenters. The van der Waals surface area contributed by atoms with Gasteiger partial charge >= 0.3 is 0 Å². The van der Waals surface area contributed by atoms with E-state index in [9.17, 15) is 4.79 Å². The molecule has 1 aromatic heterocycles. The van der Waals surface area contributed by atoms with Crippen LogP contribution in [0.25, 0.3) is 11.5 Å². The first-order valence-corrected chi connectivity index (χ1v) is 9.07. The number of amides is 1. The molecule has 0 unspecified atom stereocenters. The number of aromatic nitrogens is 1. The quantitative estimate of drug-likeness (QED) is 0.657. The zero-order valence-electron chi connectivity index (χ0n) is 15.7. The number of hydrogen-bond donors (Lipinski definition) is 1. The third kappa shape index (κ3) is 5.20. The molecule has 3 rings (SSSR count). The van der Waals surface area contributed by atoms with Crippen molar-refractivity contribution in [2.24, 2.45) is 0 Å². The summed E-state index contributed by atoms with van der Waals surface area (Å²) in [6.07, 6.45) is 1.75. The number of carbonyl (C=O) groups excluding carboxylic acids is 1.